The Labute approximate surface area is 156 Å². The lowest BCUT2D eigenvalue weighted by molar-refractivity contribution is -0.128. The third-order valence-corrected chi connectivity index (χ3v) is 4.35. The number of ether oxygens (including phenoxy) is 1. The van der Waals surface area contributed by atoms with Crippen molar-refractivity contribution in [1.82, 2.24) is 16.0 Å². The molecule has 1 amide bonds. The minimum absolute atomic E-state index is 0.0119. The third-order valence-electron chi connectivity index (χ3n) is 4.35. The van der Waals surface area contributed by atoms with Crippen molar-refractivity contribution in [3.05, 3.63) is 24.2 Å². The summed E-state index contributed by atoms with van der Waals surface area (Å²) in [6.45, 7) is 9.00. The van der Waals surface area contributed by atoms with Crippen LogP contribution >= 0.6 is 0 Å². The SMILES string of the molecule is CCNC(=O)C(C)(C)CN=C(NCCc1ccco1)NCC1CCCO1. The lowest BCUT2D eigenvalue weighted by Gasteiger charge is -2.22. The number of carbonyl (C=O) groups excluding carboxylic acids is 1. The number of nitrogens with one attached hydrogen (secondary N) is 3. The van der Waals surface area contributed by atoms with Gasteiger partial charge in [-0.25, -0.2) is 0 Å². The maximum atomic E-state index is 12.2. The van der Waals surface area contributed by atoms with E-state index in [4.69, 9.17) is 9.15 Å². The molecule has 0 saturated carbocycles. The Morgan fingerprint density at radius 2 is 2.19 bits per heavy atom. The Morgan fingerprint density at radius 3 is 2.85 bits per heavy atom. The van der Waals surface area contributed by atoms with Crippen molar-refractivity contribution in [2.45, 2.75) is 46.1 Å². The molecule has 7 nitrogen and oxygen atoms in total. The number of nitrogens with zero attached hydrogens (tertiary/aromatic N) is 1. The molecule has 0 aromatic carbocycles. The quantitative estimate of drug-likeness (QED) is 0.458. The summed E-state index contributed by atoms with van der Waals surface area (Å²) in [6, 6.07) is 3.84. The molecule has 1 aromatic rings. The summed E-state index contributed by atoms with van der Waals surface area (Å²) in [5.74, 6) is 1.64. The zero-order valence-corrected chi connectivity index (χ0v) is 16.1. The van der Waals surface area contributed by atoms with Crippen LogP contribution in [0.2, 0.25) is 0 Å². The zero-order valence-electron chi connectivity index (χ0n) is 16.1. The van der Waals surface area contributed by atoms with Gasteiger partial charge in [-0.3, -0.25) is 9.79 Å². The molecule has 3 N–H and O–H groups in total. The highest BCUT2D eigenvalue weighted by Crippen LogP contribution is 2.15. The van der Waals surface area contributed by atoms with Crippen molar-refractivity contribution < 1.29 is 13.9 Å². The first-order valence-electron chi connectivity index (χ1n) is 9.45. The summed E-state index contributed by atoms with van der Waals surface area (Å²) in [6.07, 6.45) is 4.84. The van der Waals surface area contributed by atoms with Crippen LogP contribution in [0.25, 0.3) is 0 Å². The highest BCUT2D eigenvalue weighted by molar-refractivity contribution is 5.83. The standard InChI is InChI=1S/C19H32N4O3/c1-4-20-17(24)19(2,3)14-23-18(22-13-16-8-6-12-26-16)21-10-9-15-7-5-11-25-15/h5,7,11,16H,4,6,8-10,12-14H2,1-3H3,(H,20,24)(H2,21,22,23). The molecule has 7 heteroatoms. The Kier molecular flexibility index (Phi) is 7.97. The highest BCUT2D eigenvalue weighted by atomic mass is 16.5. The fourth-order valence-corrected chi connectivity index (χ4v) is 2.70. The average Bonchev–Trinajstić information content (AvgIpc) is 3.30. The van der Waals surface area contributed by atoms with Gasteiger partial charge in [0.25, 0.3) is 0 Å². The first kappa shape index (κ1) is 20.3. The number of aliphatic imine (C=N–C) groups is 1. The maximum Gasteiger partial charge on any atom is 0.227 e. The van der Waals surface area contributed by atoms with Crippen molar-refractivity contribution in [3.8, 4) is 0 Å². The second kappa shape index (κ2) is 10.2. The number of rotatable bonds is 9. The van der Waals surface area contributed by atoms with Crippen LogP contribution in [0.1, 0.15) is 39.4 Å². The topological polar surface area (TPSA) is 87.9 Å². The van der Waals surface area contributed by atoms with E-state index in [1.54, 1.807) is 6.26 Å². The molecular weight excluding hydrogens is 332 g/mol. The molecule has 2 heterocycles. The second-order valence-corrected chi connectivity index (χ2v) is 7.18. The molecule has 26 heavy (non-hydrogen) atoms. The first-order valence-corrected chi connectivity index (χ1v) is 9.45. The molecule has 1 atom stereocenters. The van der Waals surface area contributed by atoms with Crippen molar-refractivity contribution >= 4 is 11.9 Å². The van der Waals surface area contributed by atoms with Gasteiger partial charge < -0.3 is 25.1 Å². The van der Waals surface area contributed by atoms with Gasteiger partial charge >= 0.3 is 0 Å². The Hall–Kier alpha value is -2.02. The van der Waals surface area contributed by atoms with Gasteiger partial charge in [0.2, 0.25) is 5.91 Å². The molecule has 0 aliphatic carbocycles. The van der Waals surface area contributed by atoms with Gasteiger partial charge in [-0.2, -0.15) is 0 Å². The van der Waals surface area contributed by atoms with Crippen molar-refractivity contribution in [1.29, 1.82) is 0 Å². The predicted molar refractivity (Wildman–Crippen MR) is 102 cm³/mol. The fraction of sp³-hybridized carbons (Fsp3) is 0.684. The molecule has 0 bridgehead atoms. The first-order chi connectivity index (χ1) is 12.5. The van der Waals surface area contributed by atoms with E-state index in [0.717, 1.165) is 31.6 Å². The molecule has 0 radical (unpaired) electrons. The number of carbonyl (C=O) groups is 1. The van der Waals surface area contributed by atoms with Gasteiger partial charge in [-0.15, -0.1) is 0 Å². The van der Waals surface area contributed by atoms with Crippen LogP contribution in [-0.2, 0) is 16.0 Å². The van der Waals surface area contributed by atoms with Gasteiger partial charge in [0.15, 0.2) is 5.96 Å². The number of amides is 1. The second-order valence-electron chi connectivity index (χ2n) is 7.18. The lowest BCUT2D eigenvalue weighted by Crippen LogP contribution is -2.44. The molecular formula is C19H32N4O3. The van der Waals surface area contributed by atoms with Crippen LogP contribution in [0, 0.1) is 5.41 Å². The molecule has 0 spiro atoms. The summed E-state index contributed by atoms with van der Waals surface area (Å²) < 4.78 is 11.0. The molecule has 1 aliphatic rings. The van der Waals surface area contributed by atoms with Gasteiger partial charge in [-0.1, -0.05) is 0 Å². The monoisotopic (exact) mass is 364 g/mol. The van der Waals surface area contributed by atoms with E-state index < -0.39 is 5.41 Å². The summed E-state index contributed by atoms with van der Waals surface area (Å²) >= 11 is 0. The highest BCUT2D eigenvalue weighted by Gasteiger charge is 2.27. The summed E-state index contributed by atoms with van der Waals surface area (Å²) in [5.41, 5.74) is -0.560. The Bertz CT molecular complexity index is 563. The molecule has 1 fully saturated rings. The molecule has 1 aromatic heterocycles. The third kappa shape index (κ3) is 6.71. The van der Waals surface area contributed by atoms with E-state index in [1.807, 2.05) is 32.9 Å². The molecule has 2 rings (SSSR count). The Morgan fingerprint density at radius 1 is 1.35 bits per heavy atom. The predicted octanol–water partition coefficient (Wildman–Crippen LogP) is 1.70. The summed E-state index contributed by atoms with van der Waals surface area (Å²) in [4.78, 5) is 16.8. The molecule has 1 saturated heterocycles. The number of furan rings is 1. The number of hydrogen-bond acceptors (Lipinski definition) is 4. The zero-order chi connectivity index (χ0) is 18.8. The van der Waals surface area contributed by atoms with Gasteiger partial charge in [0, 0.05) is 32.7 Å². The van der Waals surface area contributed by atoms with Crippen LogP contribution in [-0.4, -0.2) is 50.8 Å². The normalized spacial score (nSPS) is 18.0. The van der Waals surface area contributed by atoms with E-state index in [2.05, 4.69) is 20.9 Å². The van der Waals surface area contributed by atoms with E-state index in [9.17, 15) is 4.79 Å². The molecule has 1 unspecified atom stereocenters. The van der Waals surface area contributed by atoms with Gasteiger partial charge in [-0.05, 0) is 45.7 Å². The van der Waals surface area contributed by atoms with Crippen molar-refractivity contribution in [2.24, 2.45) is 10.4 Å². The smallest absolute Gasteiger partial charge is 0.227 e. The minimum atomic E-state index is -0.560. The van der Waals surface area contributed by atoms with E-state index >= 15 is 0 Å². The van der Waals surface area contributed by atoms with E-state index in [0.29, 0.717) is 32.1 Å². The van der Waals surface area contributed by atoms with Crippen LogP contribution in [0.5, 0.6) is 0 Å². The van der Waals surface area contributed by atoms with Crippen molar-refractivity contribution in [3.63, 3.8) is 0 Å². The number of hydrogen-bond donors (Lipinski definition) is 3. The Balaban J connectivity index is 1.89. The number of guanidine groups is 1. The summed E-state index contributed by atoms with van der Waals surface area (Å²) in [5, 5.41) is 9.52. The van der Waals surface area contributed by atoms with E-state index in [-0.39, 0.29) is 12.0 Å². The van der Waals surface area contributed by atoms with Crippen LogP contribution in [0.15, 0.2) is 27.8 Å². The maximum absolute atomic E-state index is 12.2. The van der Waals surface area contributed by atoms with E-state index in [1.165, 1.54) is 0 Å². The van der Waals surface area contributed by atoms with Crippen LogP contribution in [0.4, 0.5) is 0 Å². The fourth-order valence-electron chi connectivity index (χ4n) is 2.70. The lowest BCUT2D eigenvalue weighted by atomic mass is 9.92. The van der Waals surface area contributed by atoms with Gasteiger partial charge in [0.1, 0.15) is 5.76 Å². The van der Waals surface area contributed by atoms with Gasteiger partial charge in [0.05, 0.1) is 24.3 Å². The van der Waals surface area contributed by atoms with Crippen LogP contribution in [0.3, 0.4) is 0 Å². The summed E-state index contributed by atoms with van der Waals surface area (Å²) in [7, 11) is 0. The van der Waals surface area contributed by atoms with Crippen molar-refractivity contribution in [2.75, 3.05) is 32.8 Å². The largest absolute Gasteiger partial charge is 0.469 e. The molecule has 1 aliphatic heterocycles. The van der Waals surface area contributed by atoms with Crippen LogP contribution < -0.4 is 16.0 Å². The molecule has 146 valence electrons. The average molecular weight is 364 g/mol. The minimum Gasteiger partial charge on any atom is -0.469 e.